The number of carbonyl (C=O) groups is 2. The van der Waals surface area contributed by atoms with Crippen molar-refractivity contribution in [2.75, 3.05) is 19.0 Å². The molecule has 0 spiro atoms. The third-order valence-electron chi connectivity index (χ3n) is 4.74. The largest absolute Gasteiger partial charge is 0.482 e. The lowest BCUT2D eigenvalue weighted by Crippen LogP contribution is -2.42. The number of sulfonamides is 1. The Labute approximate surface area is 166 Å². The zero-order chi connectivity index (χ0) is 20.7. The maximum Gasteiger partial charge on any atom is 0.343 e. The van der Waals surface area contributed by atoms with Crippen LogP contribution in [0.2, 0.25) is 0 Å². The molecule has 1 saturated carbocycles. The summed E-state index contributed by atoms with van der Waals surface area (Å²) < 4.78 is 36.5. The summed E-state index contributed by atoms with van der Waals surface area (Å²) in [6, 6.07) is 6.67. The minimum absolute atomic E-state index is 0.102. The number of methoxy groups -OCH3 is 1. The lowest BCUT2D eigenvalue weighted by molar-refractivity contribution is -0.142. The first-order chi connectivity index (χ1) is 13.2. The molecule has 156 valence electrons. The molecule has 1 aromatic rings. The van der Waals surface area contributed by atoms with Crippen molar-refractivity contribution in [1.82, 2.24) is 4.72 Å². The Morgan fingerprint density at radius 2 is 1.86 bits per heavy atom. The lowest BCUT2D eigenvalue weighted by Gasteiger charge is -2.28. The van der Waals surface area contributed by atoms with Crippen LogP contribution in [0.15, 0.2) is 24.3 Å². The van der Waals surface area contributed by atoms with Gasteiger partial charge in [0.25, 0.3) is 0 Å². The molecule has 8 nitrogen and oxygen atoms in total. The summed E-state index contributed by atoms with van der Waals surface area (Å²) in [5.74, 6) is -0.302. The molecule has 2 N–H and O–H groups in total. The minimum atomic E-state index is -3.30. The molecular formula is C19H28N2O6S. The predicted molar refractivity (Wildman–Crippen MR) is 106 cm³/mol. The van der Waals surface area contributed by atoms with Gasteiger partial charge in [-0.05, 0) is 51.7 Å². The molecule has 0 radical (unpaired) electrons. The third-order valence-corrected chi connectivity index (χ3v) is 6.64. The number of ether oxygens (including phenoxy) is 2. The molecule has 0 unspecified atom stereocenters. The summed E-state index contributed by atoms with van der Waals surface area (Å²) in [4.78, 5) is 23.7. The first-order valence-electron chi connectivity index (χ1n) is 9.33. The fourth-order valence-electron chi connectivity index (χ4n) is 2.95. The summed E-state index contributed by atoms with van der Waals surface area (Å²) in [7, 11) is -2.02. The smallest absolute Gasteiger partial charge is 0.343 e. The van der Waals surface area contributed by atoms with Crippen LogP contribution in [0.1, 0.15) is 39.5 Å². The molecule has 0 heterocycles. The Bertz CT molecular complexity index is 785. The topological polar surface area (TPSA) is 111 Å². The molecule has 1 aliphatic rings. The highest BCUT2D eigenvalue weighted by molar-refractivity contribution is 7.90. The van der Waals surface area contributed by atoms with Crippen molar-refractivity contribution in [2.45, 2.75) is 50.8 Å². The second-order valence-corrected chi connectivity index (χ2v) is 9.41. The van der Waals surface area contributed by atoms with Gasteiger partial charge in [-0.1, -0.05) is 6.07 Å². The summed E-state index contributed by atoms with van der Waals surface area (Å²) in [5, 5.41) is 2.39. The van der Waals surface area contributed by atoms with Crippen LogP contribution in [-0.2, 0) is 24.3 Å². The Morgan fingerprint density at radius 3 is 2.46 bits per heavy atom. The van der Waals surface area contributed by atoms with Crippen molar-refractivity contribution in [3.05, 3.63) is 24.3 Å². The van der Waals surface area contributed by atoms with E-state index in [0.717, 1.165) is 0 Å². The molecule has 0 atom stereocenters. The van der Waals surface area contributed by atoms with Crippen molar-refractivity contribution in [2.24, 2.45) is 5.92 Å². The van der Waals surface area contributed by atoms with Crippen LogP contribution in [0, 0.1) is 5.92 Å². The SMILES string of the molecule is COC(=O)COc1cccc(NC(=O)C2CCC(NS(=O)(=O)C(C)C)CC2)c1. The second-order valence-electron chi connectivity index (χ2n) is 7.14. The van der Waals surface area contributed by atoms with Crippen LogP contribution in [0.3, 0.4) is 0 Å². The van der Waals surface area contributed by atoms with Crippen molar-refractivity contribution < 1.29 is 27.5 Å². The number of hydrogen-bond acceptors (Lipinski definition) is 6. The molecule has 1 amide bonds. The molecule has 0 saturated heterocycles. The predicted octanol–water partition coefficient (Wildman–Crippen LogP) is 2.06. The quantitative estimate of drug-likeness (QED) is 0.633. The molecule has 28 heavy (non-hydrogen) atoms. The van der Waals surface area contributed by atoms with E-state index in [4.69, 9.17) is 4.74 Å². The van der Waals surface area contributed by atoms with Crippen LogP contribution in [-0.4, -0.2) is 45.3 Å². The van der Waals surface area contributed by atoms with Gasteiger partial charge < -0.3 is 14.8 Å². The molecular weight excluding hydrogens is 384 g/mol. The number of esters is 1. The maximum atomic E-state index is 12.5. The molecule has 0 aliphatic heterocycles. The summed E-state index contributed by atoms with van der Waals surface area (Å²) in [6.45, 7) is 3.08. The van der Waals surface area contributed by atoms with E-state index in [2.05, 4.69) is 14.8 Å². The Hall–Kier alpha value is -2.13. The summed E-state index contributed by atoms with van der Waals surface area (Å²) in [5.41, 5.74) is 0.579. The molecule has 1 aromatic carbocycles. The van der Waals surface area contributed by atoms with Gasteiger partial charge in [0.05, 0.1) is 12.4 Å². The normalized spacial score (nSPS) is 19.9. The average Bonchev–Trinajstić information content (AvgIpc) is 2.66. The van der Waals surface area contributed by atoms with E-state index in [1.54, 1.807) is 38.1 Å². The van der Waals surface area contributed by atoms with E-state index in [0.29, 0.717) is 37.1 Å². The van der Waals surface area contributed by atoms with E-state index in [9.17, 15) is 18.0 Å². The standard InChI is InChI=1S/C19H28N2O6S/c1-13(2)28(24,25)21-15-9-7-14(8-10-15)19(23)20-16-5-4-6-17(11-16)27-12-18(22)26-3/h4-6,11,13-15,21H,7-10,12H2,1-3H3,(H,20,23). The number of nitrogens with one attached hydrogen (secondary N) is 2. The maximum absolute atomic E-state index is 12.5. The van der Waals surface area contributed by atoms with Crippen LogP contribution >= 0.6 is 0 Å². The third kappa shape index (κ3) is 6.49. The van der Waals surface area contributed by atoms with Gasteiger partial charge in [-0.2, -0.15) is 0 Å². The summed E-state index contributed by atoms with van der Waals surface area (Å²) in [6.07, 6.45) is 2.50. The molecule has 0 aromatic heterocycles. The van der Waals surface area contributed by atoms with E-state index in [1.165, 1.54) is 7.11 Å². The van der Waals surface area contributed by atoms with Crippen LogP contribution in [0.25, 0.3) is 0 Å². The molecule has 9 heteroatoms. The van der Waals surface area contributed by atoms with Gasteiger partial charge in [0.15, 0.2) is 6.61 Å². The average molecular weight is 413 g/mol. The van der Waals surface area contributed by atoms with E-state index >= 15 is 0 Å². The van der Waals surface area contributed by atoms with Gasteiger partial charge in [0.2, 0.25) is 15.9 Å². The minimum Gasteiger partial charge on any atom is -0.482 e. The van der Waals surface area contributed by atoms with Gasteiger partial charge >= 0.3 is 5.97 Å². The Balaban J connectivity index is 1.85. The van der Waals surface area contributed by atoms with Crippen molar-refractivity contribution in [3.63, 3.8) is 0 Å². The van der Waals surface area contributed by atoms with E-state index in [-0.39, 0.29) is 24.5 Å². The summed E-state index contributed by atoms with van der Waals surface area (Å²) >= 11 is 0. The van der Waals surface area contributed by atoms with Gasteiger partial charge in [-0.3, -0.25) is 4.79 Å². The van der Waals surface area contributed by atoms with Crippen LogP contribution in [0.5, 0.6) is 5.75 Å². The second kappa shape index (κ2) is 9.88. The number of hydrogen-bond donors (Lipinski definition) is 2. The van der Waals surface area contributed by atoms with E-state index < -0.39 is 21.2 Å². The molecule has 1 aliphatic carbocycles. The zero-order valence-electron chi connectivity index (χ0n) is 16.4. The molecule has 1 fully saturated rings. The van der Waals surface area contributed by atoms with Gasteiger partial charge in [0, 0.05) is 23.7 Å². The van der Waals surface area contributed by atoms with Crippen molar-refractivity contribution in [3.8, 4) is 5.75 Å². The van der Waals surface area contributed by atoms with Gasteiger partial charge in [0.1, 0.15) is 5.75 Å². The number of benzene rings is 1. The Morgan fingerprint density at radius 1 is 1.18 bits per heavy atom. The number of amides is 1. The van der Waals surface area contributed by atoms with Gasteiger partial charge in [-0.15, -0.1) is 0 Å². The van der Waals surface area contributed by atoms with Crippen molar-refractivity contribution >= 4 is 27.6 Å². The fraction of sp³-hybridized carbons (Fsp3) is 0.579. The van der Waals surface area contributed by atoms with E-state index in [1.807, 2.05) is 0 Å². The highest BCUT2D eigenvalue weighted by atomic mass is 32.2. The van der Waals surface area contributed by atoms with Gasteiger partial charge in [-0.25, -0.2) is 17.9 Å². The molecule has 2 rings (SSSR count). The number of rotatable bonds is 8. The van der Waals surface area contributed by atoms with Crippen LogP contribution in [0.4, 0.5) is 5.69 Å². The highest BCUT2D eigenvalue weighted by Gasteiger charge is 2.29. The molecule has 0 bridgehead atoms. The number of anilines is 1. The fourth-order valence-corrected chi connectivity index (χ4v) is 3.92. The zero-order valence-corrected chi connectivity index (χ0v) is 17.3. The van der Waals surface area contributed by atoms with Crippen molar-refractivity contribution in [1.29, 1.82) is 0 Å². The first-order valence-corrected chi connectivity index (χ1v) is 10.9. The highest BCUT2D eigenvalue weighted by Crippen LogP contribution is 2.27. The van der Waals surface area contributed by atoms with Crippen LogP contribution < -0.4 is 14.8 Å². The first kappa shape index (κ1) is 22.2. The lowest BCUT2D eigenvalue weighted by atomic mass is 9.86. The number of carbonyl (C=O) groups excluding carboxylic acids is 2. The monoisotopic (exact) mass is 412 g/mol. The Kier molecular flexibility index (Phi) is 7.82.